The number of nitrogens with one attached hydrogen (secondary N) is 2. The number of ether oxygens (including phenoxy) is 1. The Hall–Kier alpha value is -3.32. The Labute approximate surface area is 195 Å². The Balaban J connectivity index is 1.61. The van der Waals surface area contributed by atoms with E-state index in [4.69, 9.17) is 4.74 Å². The van der Waals surface area contributed by atoms with Crippen molar-refractivity contribution in [3.8, 4) is 17.0 Å². The second-order valence-electron chi connectivity index (χ2n) is 8.10. The number of rotatable bonds is 11. The van der Waals surface area contributed by atoms with Crippen molar-refractivity contribution in [2.75, 3.05) is 18.5 Å². The zero-order valence-electron chi connectivity index (χ0n) is 19.7. The van der Waals surface area contributed by atoms with Gasteiger partial charge in [0, 0.05) is 18.7 Å². The normalized spacial score (nSPS) is 11.8. The predicted octanol–water partition coefficient (Wildman–Crippen LogP) is 5.30. The lowest BCUT2D eigenvalue weighted by atomic mass is 10.1. The smallest absolute Gasteiger partial charge is 0.319 e. The molecular weight excluding hydrogens is 416 g/mol. The highest BCUT2D eigenvalue weighted by molar-refractivity contribution is 5.91. The maximum atomic E-state index is 12.2. The van der Waals surface area contributed by atoms with Crippen LogP contribution in [0.1, 0.15) is 50.5 Å². The van der Waals surface area contributed by atoms with Crippen LogP contribution < -0.4 is 15.4 Å². The average Bonchev–Trinajstić information content (AvgIpc) is 3.24. The number of hydrogen-bond donors (Lipinski definition) is 3. The van der Waals surface area contributed by atoms with Gasteiger partial charge in [-0.3, -0.25) is 0 Å². The van der Waals surface area contributed by atoms with Crippen LogP contribution in [0, 0.1) is 6.92 Å². The van der Waals surface area contributed by atoms with Crippen LogP contribution >= 0.6 is 0 Å². The molecule has 1 aromatic heterocycles. The Morgan fingerprint density at radius 3 is 2.67 bits per heavy atom. The van der Waals surface area contributed by atoms with E-state index >= 15 is 0 Å². The van der Waals surface area contributed by atoms with Crippen LogP contribution in [0.15, 0.2) is 54.9 Å². The van der Waals surface area contributed by atoms with E-state index in [2.05, 4.69) is 22.5 Å². The molecule has 176 valence electrons. The second kappa shape index (κ2) is 12.1. The molecule has 3 aromatic rings. The maximum Gasteiger partial charge on any atom is 0.319 e. The third-order valence-electron chi connectivity index (χ3n) is 5.41. The first-order valence-electron chi connectivity index (χ1n) is 11.6. The molecule has 7 heteroatoms. The number of benzene rings is 2. The van der Waals surface area contributed by atoms with Crippen LogP contribution in [0.2, 0.25) is 0 Å². The Bertz CT molecular complexity index is 1030. The minimum atomic E-state index is -0.637. The zero-order valence-corrected chi connectivity index (χ0v) is 19.7. The highest BCUT2D eigenvalue weighted by Crippen LogP contribution is 2.29. The predicted molar refractivity (Wildman–Crippen MR) is 132 cm³/mol. The summed E-state index contributed by atoms with van der Waals surface area (Å²) >= 11 is 0. The fourth-order valence-electron chi connectivity index (χ4n) is 3.70. The number of urea groups is 1. The van der Waals surface area contributed by atoms with Crippen LogP contribution in [-0.4, -0.2) is 33.8 Å². The van der Waals surface area contributed by atoms with Crippen LogP contribution in [0.25, 0.3) is 11.3 Å². The number of aromatic nitrogens is 2. The summed E-state index contributed by atoms with van der Waals surface area (Å²) in [6.07, 6.45) is 3.83. The van der Waals surface area contributed by atoms with E-state index in [-0.39, 0.29) is 6.03 Å². The van der Waals surface area contributed by atoms with Crippen molar-refractivity contribution in [1.29, 1.82) is 0 Å². The van der Waals surface area contributed by atoms with Crippen molar-refractivity contribution < 1.29 is 14.6 Å². The lowest BCUT2D eigenvalue weighted by Gasteiger charge is -2.16. The molecule has 1 heterocycles. The molecule has 2 aromatic carbocycles. The summed E-state index contributed by atoms with van der Waals surface area (Å²) in [5.74, 6) is 0.645. The number of aryl methyl sites for hydroxylation is 2. The third-order valence-corrected chi connectivity index (χ3v) is 5.41. The van der Waals surface area contributed by atoms with Crippen molar-refractivity contribution in [2.24, 2.45) is 0 Å². The first-order chi connectivity index (χ1) is 16.0. The Kier molecular flexibility index (Phi) is 8.89. The van der Waals surface area contributed by atoms with Crippen molar-refractivity contribution in [3.05, 3.63) is 66.1 Å². The lowest BCUT2D eigenvalue weighted by molar-refractivity contribution is 0.188. The molecule has 1 unspecified atom stereocenters. The topological polar surface area (TPSA) is 88.4 Å². The summed E-state index contributed by atoms with van der Waals surface area (Å²) in [5, 5.41) is 16.1. The van der Waals surface area contributed by atoms with Gasteiger partial charge in [0.05, 0.1) is 36.1 Å². The number of aliphatic hydroxyl groups excluding tert-OH is 1. The van der Waals surface area contributed by atoms with Crippen LogP contribution in [0.4, 0.5) is 10.5 Å². The van der Waals surface area contributed by atoms with Crippen LogP contribution in [0.5, 0.6) is 5.75 Å². The summed E-state index contributed by atoms with van der Waals surface area (Å²) in [7, 11) is 0. The monoisotopic (exact) mass is 450 g/mol. The van der Waals surface area contributed by atoms with Crippen molar-refractivity contribution >= 4 is 11.7 Å². The molecule has 3 N–H and O–H groups in total. The van der Waals surface area contributed by atoms with E-state index in [1.165, 1.54) is 0 Å². The Morgan fingerprint density at radius 2 is 1.94 bits per heavy atom. The van der Waals surface area contributed by atoms with E-state index in [1.807, 2.05) is 60.0 Å². The maximum absolute atomic E-state index is 12.2. The Morgan fingerprint density at radius 1 is 1.15 bits per heavy atom. The number of carbonyl (C=O) groups excluding carboxylic acids is 1. The van der Waals surface area contributed by atoms with Gasteiger partial charge < -0.3 is 25.0 Å². The number of anilines is 1. The molecule has 0 spiro atoms. The fraction of sp³-hybridized carbons (Fsp3) is 0.385. The summed E-state index contributed by atoms with van der Waals surface area (Å²) < 4.78 is 8.00. The minimum absolute atomic E-state index is 0.226. The van der Waals surface area contributed by atoms with Crippen LogP contribution in [-0.2, 0) is 6.54 Å². The van der Waals surface area contributed by atoms with E-state index in [0.29, 0.717) is 31.1 Å². The molecule has 0 bridgehead atoms. The SMILES string of the molecule is CCCCNC(=O)Nc1c(C)cccc1OCCCn1cnc(-c2ccccc2)c1C(C)O. The molecule has 0 aliphatic heterocycles. The molecule has 1 atom stereocenters. The molecule has 0 radical (unpaired) electrons. The van der Waals surface area contributed by atoms with Gasteiger partial charge in [-0.1, -0.05) is 55.8 Å². The molecule has 7 nitrogen and oxygen atoms in total. The molecule has 0 saturated carbocycles. The number of hydrogen-bond acceptors (Lipinski definition) is 4. The van der Waals surface area contributed by atoms with Gasteiger partial charge in [-0.2, -0.15) is 0 Å². The number of amides is 2. The van der Waals surface area contributed by atoms with E-state index in [9.17, 15) is 9.90 Å². The highest BCUT2D eigenvalue weighted by atomic mass is 16.5. The number of carbonyl (C=O) groups is 1. The molecule has 2 amide bonds. The number of imidazole rings is 1. The highest BCUT2D eigenvalue weighted by Gasteiger charge is 2.17. The second-order valence-corrected chi connectivity index (χ2v) is 8.10. The van der Waals surface area contributed by atoms with Crippen molar-refractivity contribution in [1.82, 2.24) is 14.9 Å². The van der Waals surface area contributed by atoms with Gasteiger partial charge in [0.25, 0.3) is 0 Å². The van der Waals surface area contributed by atoms with Gasteiger partial charge in [0.15, 0.2) is 0 Å². The summed E-state index contributed by atoms with van der Waals surface area (Å²) in [5.41, 5.74) is 4.20. The first kappa shape index (κ1) is 24.3. The van der Waals surface area contributed by atoms with Crippen molar-refractivity contribution in [2.45, 2.75) is 52.7 Å². The number of nitrogens with zero attached hydrogens (tertiary/aromatic N) is 2. The van der Waals surface area contributed by atoms with Gasteiger partial charge >= 0.3 is 6.03 Å². The van der Waals surface area contributed by atoms with Gasteiger partial charge in [-0.05, 0) is 38.3 Å². The van der Waals surface area contributed by atoms with Gasteiger partial charge in [0.1, 0.15) is 5.75 Å². The molecule has 0 fully saturated rings. The molecule has 0 aliphatic carbocycles. The average molecular weight is 451 g/mol. The largest absolute Gasteiger partial charge is 0.491 e. The molecule has 0 aliphatic rings. The summed E-state index contributed by atoms with van der Waals surface area (Å²) in [6.45, 7) is 7.56. The number of para-hydroxylation sites is 1. The molecule has 0 saturated heterocycles. The third kappa shape index (κ3) is 6.58. The number of unbranched alkanes of at least 4 members (excludes halogenated alkanes) is 1. The van der Waals surface area contributed by atoms with E-state index < -0.39 is 6.10 Å². The molecular formula is C26H34N4O3. The van der Waals surface area contributed by atoms with E-state index in [1.54, 1.807) is 13.3 Å². The molecule has 33 heavy (non-hydrogen) atoms. The molecule has 3 rings (SSSR count). The summed E-state index contributed by atoms with van der Waals surface area (Å²) in [6, 6.07) is 15.4. The quantitative estimate of drug-likeness (QED) is 0.346. The zero-order chi connectivity index (χ0) is 23.6. The van der Waals surface area contributed by atoms with Gasteiger partial charge in [-0.15, -0.1) is 0 Å². The van der Waals surface area contributed by atoms with Gasteiger partial charge in [-0.25, -0.2) is 9.78 Å². The van der Waals surface area contributed by atoms with E-state index in [0.717, 1.165) is 41.8 Å². The standard InChI is InChI=1S/C26H34N4O3/c1-4-5-15-27-26(32)29-23-19(2)11-9-14-22(23)33-17-10-16-30-18-28-24(25(30)20(3)31)21-12-7-6-8-13-21/h6-9,11-14,18,20,31H,4-5,10,15-17H2,1-3H3,(H2,27,29,32). The van der Waals surface area contributed by atoms with Crippen LogP contribution in [0.3, 0.4) is 0 Å². The fourth-order valence-corrected chi connectivity index (χ4v) is 3.70. The first-order valence-corrected chi connectivity index (χ1v) is 11.6. The minimum Gasteiger partial charge on any atom is -0.491 e. The van der Waals surface area contributed by atoms with Crippen molar-refractivity contribution in [3.63, 3.8) is 0 Å². The lowest BCUT2D eigenvalue weighted by Crippen LogP contribution is -2.30. The van der Waals surface area contributed by atoms with Gasteiger partial charge in [0.2, 0.25) is 0 Å². The number of aliphatic hydroxyl groups is 1. The summed E-state index contributed by atoms with van der Waals surface area (Å²) in [4.78, 5) is 16.8.